The summed E-state index contributed by atoms with van der Waals surface area (Å²) in [5.74, 6) is -0.131. The first kappa shape index (κ1) is 14.7. The lowest BCUT2D eigenvalue weighted by Crippen LogP contribution is -2.28. The number of hydrogen-bond donors (Lipinski definition) is 2. The van der Waals surface area contributed by atoms with Gasteiger partial charge in [0.1, 0.15) is 0 Å². The number of carbonyl (C=O) groups excluding carboxylic acids is 1. The number of carbonyl (C=O) groups is 1. The zero-order valence-electron chi connectivity index (χ0n) is 11.0. The lowest BCUT2D eigenvalue weighted by atomic mass is 10.1. The van der Waals surface area contributed by atoms with Crippen LogP contribution in [0.2, 0.25) is 0 Å². The van der Waals surface area contributed by atoms with Crippen molar-refractivity contribution in [2.45, 2.75) is 25.5 Å². The van der Waals surface area contributed by atoms with Crippen molar-refractivity contribution < 1.29 is 9.00 Å². The van der Waals surface area contributed by atoms with Gasteiger partial charge in [0.2, 0.25) is 0 Å². The molecule has 0 bridgehead atoms. The van der Waals surface area contributed by atoms with Gasteiger partial charge in [-0.2, -0.15) is 0 Å². The van der Waals surface area contributed by atoms with Crippen molar-refractivity contribution in [2.24, 2.45) is 0 Å². The molecule has 1 amide bonds. The average Bonchev–Trinajstić information content (AvgIpc) is 2.31. The summed E-state index contributed by atoms with van der Waals surface area (Å²) >= 11 is 0. The summed E-state index contributed by atoms with van der Waals surface area (Å²) in [5, 5.41) is 2.91. The van der Waals surface area contributed by atoms with E-state index in [4.69, 9.17) is 5.73 Å². The smallest absolute Gasteiger partial charge is 0.251 e. The molecule has 100 valence electrons. The molecule has 1 aromatic rings. The second kappa shape index (κ2) is 6.54. The fraction of sp³-hybridized carbons (Fsp3) is 0.462. The van der Waals surface area contributed by atoms with Crippen LogP contribution in [-0.2, 0) is 10.8 Å². The number of nitrogens with two attached hydrogens (primary N) is 1. The van der Waals surface area contributed by atoms with Gasteiger partial charge in [-0.3, -0.25) is 9.00 Å². The Morgan fingerprint density at radius 1 is 1.50 bits per heavy atom. The van der Waals surface area contributed by atoms with Crippen molar-refractivity contribution in [3.63, 3.8) is 0 Å². The highest BCUT2D eigenvalue weighted by molar-refractivity contribution is 7.84. The lowest BCUT2D eigenvalue weighted by Gasteiger charge is -2.11. The Kier molecular flexibility index (Phi) is 5.34. The zero-order chi connectivity index (χ0) is 13.7. The number of aryl methyl sites for hydroxylation is 1. The Labute approximate surface area is 110 Å². The van der Waals surface area contributed by atoms with Crippen molar-refractivity contribution in [1.82, 2.24) is 5.32 Å². The fourth-order valence-electron chi connectivity index (χ4n) is 1.53. The largest absolute Gasteiger partial charge is 0.399 e. The van der Waals surface area contributed by atoms with Gasteiger partial charge in [0.05, 0.1) is 0 Å². The molecule has 0 saturated carbocycles. The van der Waals surface area contributed by atoms with E-state index in [0.29, 0.717) is 24.2 Å². The monoisotopic (exact) mass is 268 g/mol. The summed E-state index contributed by atoms with van der Waals surface area (Å²) in [4.78, 5) is 11.9. The van der Waals surface area contributed by atoms with Crippen molar-refractivity contribution in [3.05, 3.63) is 29.3 Å². The van der Waals surface area contributed by atoms with E-state index >= 15 is 0 Å². The van der Waals surface area contributed by atoms with Crippen molar-refractivity contribution in [2.75, 3.05) is 18.5 Å². The van der Waals surface area contributed by atoms with E-state index < -0.39 is 10.8 Å². The van der Waals surface area contributed by atoms with Gasteiger partial charge in [-0.1, -0.05) is 13.0 Å². The predicted molar refractivity (Wildman–Crippen MR) is 76.1 cm³/mol. The summed E-state index contributed by atoms with van der Waals surface area (Å²) in [7, 11) is -0.849. The molecule has 3 N–H and O–H groups in total. The Hall–Kier alpha value is -1.36. The molecule has 0 radical (unpaired) electrons. The first-order valence-electron chi connectivity index (χ1n) is 5.88. The van der Waals surface area contributed by atoms with Gasteiger partial charge >= 0.3 is 0 Å². The molecule has 2 atom stereocenters. The van der Waals surface area contributed by atoms with Crippen LogP contribution in [0, 0.1) is 6.92 Å². The van der Waals surface area contributed by atoms with Gasteiger partial charge in [0.15, 0.2) is 0 Å². The number of anilines is 1. The second-order valence-electron chi connectivity index (χ2n) is 4.43. The van der Waals surface area contributed by atoms with Gasteiger partial charge in [0.25, 0.3) is 5.91 Å². The van der Waals surface area contributed by atoms with E-state index in [0.717, 1.165) is 5.56 Å². The second-order valence-corrected chi connectivity index (χ2v) is 6.23. The van der Waals surface area contributed by atoms with E-state index in [1.54, 1.807) is 18.4 Å². The SMILES string of the molecule is Cc1ccc(N)cc1C(=O)NCCC(C)S(C)=O. The summed E-state index contributed by atoms with van der Waals surface area (Å²) in [5.41, 5.74) is 7.73. The Bertz CT molecular complexity index is 460. The first-order chi connectivity index (χ1) is 8.41. The molecule has 0 fully saturated rings. The fourth-order valence-corrected chi connectivity index (χ4v) is 1.98. The highest BCUT2D eigenvalue weighted by Gasteiger charge is 2.10. The van der Waals surface area contributed by atoms with Crippen molar-refractivity contribution in [3.8, 4) is 0 Å². The number of nitrogen functional groups attached to an aromatic ring is 1. The van der Waals surface area contributed by atoms with Crippen LogP contribution in [0.4, 0.5) is 5.69 Å². The zero-order valence-corrected chi connectivity index (χ0v) is 11.8. The summed E-state index contributed by atoms with van der Waals surface area (Å²) in [6.07, 6.45) is 2.38. The maximum Gasteiger partial charge on any atom is 0.251 e. The predicted octanol–water partition coefficient (Wildman–Crippen LogP) is 1.46. The van der Waals surface area contributed by atoms with Gasteiger partial charge in [0, 0.05) is 40.1 Å². The van der Waals surface area contributed by atoms with Crippen LogP contribution in [0.25, 0.3) is 0 Å². The van der Waals surface area contributed by atoms with Crippen LogP contribution in [0.15, 0.2) is 18.2 Å². The molecule has 0 aliphatic carbocycles. The van der Waals surface area contributed by atoms with Gasteiger partial charge in [-0.15, -0.1) is 0 Å². The minimum absolute atomic E-state index is 0.0900. The average molecular weight is 268 g/mol. The molecule has 4 nitrogen and oxygen atoms in total. The summed E-state index contributed by atoms with van der Waals surface area (Å²) < 4.78 is 11.2. The molecule has 0 aliphatic rings. The number of nitrogens with one attached hydrogen (secondary N) is 1. The maximum atomic E-state index is 11.9. The number of benzene rings is 1. The molecular weight excluding hydrogens is 248 g/mol. The molecule has 1 aromatic carbocycles. The minimum atomic E-state index is -0.849. The van der Waals surface area contributed by atoms with E-state index in [1.165, 1.54) is 0 Å². The molecule has 2 unspecified atom stereocenters. The van der Waals surface area contributed by atoms with Crippen molar-refractivity contribution >= 4 is 22.4 Å². The maximum absolute atomic E-state index is 11.9. The topological polar surface area (TPSA) is 72.2 Å². The molecule has 5 heteroatoms. The molecule has 0 aliphatic heterocycles. The third kappa shape index (κ3) is 4.14. The van der Waals surface area contributed by atoms with Gasteiger partial charge in [-0.25, -0.2) is 0 Å². The van der Waals surface area contributed by atoms with E-state index in [2.05, 4.69) is 5.32 Å². The molecular formula is C13H20N2O2S. The lowest BCUT2D eigenvalue weighted by molar-refractivity contribution is 0.0952. The quantitative estimate of drug-likeness (QED) is 0.794. The molecule has 0 heterocycles. The van der Waals surface area contributed by atoms with E-state index in [9.17, 15) is 9.00 Å². The number of rotatable bonds is 5. The molecule has 18 heavy (non-hydrogen) atoms. The van der Waals surface area contributed by atoms with Crippen LogP contribution in [0.3, 0.4) is 0 Å². The number of hydrogen-bond acceptors (Lipinski definition) is 3. The molecule has 0 spiro atoms. The van der Waals surface area contributed by atoms with E-state index in [1.807, 2.05) is 19.9 Å². The van der Waals surface area contributed by atoms with Crippen molar-refractivity contribution in [1.29, 1.82) is 0 Å². The minimum Gasteiger partial charge on any atom is -0.399 e. The van der Waals surface area contributed by atoms with Crippen LogP contribution >= 0.6 is 0 Å². The Morgan fingerprint density at radius 3 is 2.78 bits per heavy atom. The van der Waals surface area contributed by atoms with Crippen LogP contribution in [0.5, 0.6) is 0 Å². The van der Waals surface area contributed by atoms with Crippen LogP contribution in [0.1, 0.15) is 29.3 Å². The normalized spacial score (nSPS) is 13.9. The third-order valence-electron chi connectivity index (χ3n) is 2.91. The van der Waals surface area contributed by atoms with Crippen LogP contribution < -0.4 is 11.1 Å². The molecule has 1 rings (SSSR count). The first-order valence-corrected chi connectivity index (χ1v) is 7.50. The van der Waals surface area contributed by atoms with E-state index in [-0.39, 0.29) is 11.2 Å². The van der Waals surface area contributed by atoms with Gasteiger partial charge < -0.3 is 11.1 Å². The highest BCUT2D eigenvalue weighted by Crippen LogP contribution is 2.12. The highest BCUT2D eigenvalue weighted by atomic mass is 32.2. The van der Waals surface area contributed by atoms with Crippen LogP contribution in [-0.4, -0.2) is 28.2 Å². The Morgan fingerprint density at radius 2 is 2.17 bits per heavy atom. The molecule has 0 saturated heterocycles. The summed E-state index contributed by atoms with van der Waals surface area (Å²) in [6, 6.07) is 5.27. The van der Waals surface area contributed by atoms with Gasteiger partial charge in [-0.05, 0) is 31.0 Å². The third-order valence-corrected chi connectivity index (χ3v) is 4.28. The number of amides is 1. The molecule has 0 aromatic heterocycles. The Balaban J connectivity index is 2.55. The summed E-state index contributed by atoms with van der Waals surface area (Å²) in [6.45, 7) is 4.31. The standard InChI is InChI=1S/C13H20N2O2S/c1-9-4-5-11(14)8-12(9)13(16)15-7-6-10(2)18(3)17/h4-5,8,10H,6-7,14H2,1-3H3,(H,15,16).